The van der Waals surface area contributed by atoms with Crippen LogP contribution in [0.4, 0.5) is 0 Å². The van der Waals surface area contributed by atoms with Crippen LogP contribution >= 0.6 is 0 Å². The monoisotopic (exact) mass is 301 g/mol. The minimum atomic E-state index is -0.0436. The maximum absolute atomic E-state index is 12.3. The third-order valence-electron chi connectivity index (χ3n) is 4.20. The number of ether oxygens (including phenoxy) is 3. The Labute approximate surface area is 129 Å². The molecule has 0 fully saturated rings. The van der Waals surface area contributed by atoms with Gasteiger partial charge in [0.1, 0.15) is 5.75 Å². The molecule has 5 nitrogen and oxygen atoms in total. The van der Waals surface area contributed by atoms with Crippen LogP contribution in [-0.2, 0) is 13.0 Å². The van der Waals surface area contributed by atoms with Gasteiger partial charge in [-0.25, -0.2) is 0 Å². The molecule has 0 bridgehead atoms. The standard InChI is InChI=1S/C17H19NO4/c1-10-13(20-2)9-16(19)18-6-5-11-7-14(21-3)15(22-4)8-12(11)17(10)18/h7-9H,5-6H2,1-4H3. The van der Waals surface area contributed by atoms with Crippen molar-refractivity contribution in [3.8, 4) is 28.5 Å². The van der Waals surface area contributed by atoms with Crippen molar-refractivity contribution in [3.05, 3.63) is 39.7 Å². The van der Waals surface area contributed by atoms with E-state index in [9.17, 15) is 4.79 Å². The summed E-state index contributed by atoms with van der Waals surface area (Å²) in [5.74, 6) is 1.97. The van der Waals surface area contributed by atoms with Crippen molar-refractivity contribution < 1.29 is 14.2 Å². The van der Waals surface area contributed by atoms with E-state index in [4.69, 9.17) is 14.2 Å². The van der Waals surface area contributed by atoms with Gasteiger partial charge in [-0.05, 0) is 31.0 Å². The molecule has 0 amide bonds. The topological polar surface area (TPSA) is 49.7 Å². The average Bonchev–Trinajstić information content (AvgIpc) is 2.55. The van der Waals surface area contributed by atoms with E-state index < -0.39 is 0 Å². The molecule has 22 heavy (non-hydrogen) atoms. The van der Waals surface area contributed by atoms with Gasteiger partial charge in [0.2, 0.25) is 0 Å². The fourth-order valence-electron chi connectivity index (χ4n) is 3.09. The van der Waals surface area contributed by atoms with Crippen LogP contribution in [0.3, 0.4) is 0 Å². The lowest BCUT2D eigenvalue weighted by atomic mass is 9.93. The van der Waals surface area contributed by atoms with Crippen molar-refractivity contribution in [2.75, 3.05) is 21.3 Å². The normalized spacial score (nSPS) is 12.4. The third-order valence-corrected chi connectivity index (χ3v) is 4.20. The lowest BCUT2D eigenvalue weighted by molar-refractivity contribution is 0.354. The number of nitrogens with zero attached hydrogens (tertiary/aromatic N) is 1. The molecule has 1 aromatic heterocycles. The SMILES string of the molecule is COc1cc2c(cc1OC)-c1c(C)c(OC)cc(=O)n1CC2. The van der Waals surface area contributed by atoms with Crippen LogP contribution in [0.15, 0.2) is 23.0 Å². The van der Waals surface area contributed by atoms with Crippen LogP contribution in [-0.4, -0.2) is 25.9 Å². The van der Waals surface area contributed by atoms with E-state index in [0.717, 1.165) is 28.8 Å². The lowest BCUT2D eigenvalue weighted by Crippen LogP contribution is -2.26. The molecule has 0 saturated heterocycles. The van der Waals surface area contributed by atoms with Crippen molar-refractivity contribution in [2.45, 2.75) is 19.9 Å². The summed E-state index contributed by atoms with van der Waals surface area (Å²) >= 11 is 0. The first kappa shape index (κ1) is 14.5. The van der Waals surface area contributed by atoms with Gasteiger partial charge in [0.05, 0.1) is 27.0 Å². The number of rotatable bonds is 3. The molecule has 5 heteroatoms. The second-order valence-corrected chi connectivity index (χ2v) is 5.29. The maximum Gasteiger partial charge on any atom is 0.254 e. The summed E-state index contributed by atoms with van der Waals surface area (Å²) in [4.78, 5) is 12.3. The molecule has 0 N–H and O–H groups in total. The van der Waals surface area contributed by atoms with Crippen LogP contribution in [0.2, 0.25) is 0 Å². The first-order valence-electron chi connectivity index (χ1n) is 7.14. The number of hydrogen-bond donors (Lipinski definition) is 0. The Bertz CT molecular complexity index is 792. The molecule has 0 unspecified atom stereocenters. The summed E-state index contributed by atoms with van der Waals surface area (Å²) < 4.78 is 17.9. The maximum atomic E-state index is 12.3. The van der Waals surface area contributed by atoms with Gasteiger partial charge in [0, 0.05) is 23.7 Å². The van der Waals surface area contributed by atoms with Gasteiger partial charge in [-0.1, -0.05) is 0 Å². The quantitative estimate of drug-likeness (QED) is 0.873. The first-order valence-corrected chi connectivity index (χ1v) is 7.14. The zero-order valence-corrected chi connectivity index (χ0v) is 13.2. The molecule has 1 aliphatic rings. The van der Waals surface area contributed by atoms with Gasteiger partial charge in [-0.2, -0.15) is 0 Å². The van der Waals surface area contributed by atoms with Gasteiger partial charge >= 0.3 is 0 Å². The van der Waals surface area contributed by atoms with Gasteiger partial charge in [0.25, 0.3) is 5.56 Å². The van der Waals surface area contributed by atoms with Crippen molar-refractivity contribution in [1.82, 2.24) is 4.57 Å². The van der Waals surface area contributed by atoms with Crippen LogP contribution in [0.5, 0.6) is 17.2 Å². The molecule has 0 radical (unpaired) electrons. The van der Waals surface area contributed by atoms with E-state index in [1.54, 1.807) is 32.0 Å². The highest BCUT2D eigenvalue weighted by molar-refractivity contribution is 5.74. The van der Waals surface area contributed by atoms with E-state index in [-0.39, 0.29) is 5.56 Å². The molecular weight excluding hydrogens is 282 g/mol. The Morgan fingerprint density at radius 3 is 2.23 bits per heavy atom. The second kappa shape index (κ2) is 5.40. The zero-order valence-electron chi connectivity index (χ0n) is 13.2. The molecule has 2 heterocycles. The number of fused-ring (bicyclic) bond motifs is 3. The molecular formula is C17H19NO4. The predicted molar refractivity (Wildman–Crippen MR) is 84.2 cm³/mol. The van der Waals surface area contributed by atoms with Crippen LogP contribution in [0.1, 0.15) is 11.1 Å². The molecule has 0 aliphatic carbocycles. The van der Waals surface area contributed by atoms with Crippen molar-refractivity contribution in [3.63, 3.8) is 0 Å². The molecule has 1 aliphatic heterocycles. The fourth-order valence-corrected chi connectivity index (χ4v) is 3.09. The smallest absolute Gasteiger partial charge is 0.254 e. The molecule has 0 spiro atoms. The van der Waals surface area contributed by atoms with Gasteiger partial charge in [-0.15, -0.1) is 0 Å². The van der Waals surface area contributed by atoms with Crippen LogP contribution in [0.25, 0.3) is 11.3 Å². The fraction of sp³-hybridized carbons (Fsp3) is 0.353. The highest BCUT2D eigenvalue weighted by atomic mass is 16.5. The Kier molecular flexibility index (Phi) is 3.56. The number of aromatic nitrogens is 1. The molecule has 3 rings (SSSR count). The highest BCUT2D eigenvalue weighted by Crippen LogP contribution is 2.40. The summed E-state index contributed by atoms with van der Waals surface area (Å²) in [6.07, 6.45) is 0.786. The van der Waals surface area contributed by atoms with Gasteiger partial charge in [-0.3, -0.25) is 4.79 Å². The highest BCUT2D eigenvalue weighted by Gasteiger charge is 2.23. The van der Waals surface area contributed by atoms with Crippen molar-refractivity contribution >= 4 is 0 Å². The Morgan fingerprint density at radius 2 is 1.59 bits per heavy atom. The predicted octanol–water partition coefficient (Wildman–Crippen LogP) is 2.41. The average molecular weight is 301 g/mol. The number of hydrogen-bond acceptors (Lipinski definition) is 4. The first-order chi connectivity index (χ1) is 10.6. The van der Waals surface area contributed by atoms with Gasteiger partial charge < -0.3 is 18.8 Å². The second-order valence-electron chi connectivity index (χ2n) is 5.29. The molecule has 116 valence electrons. The Morgan fingerprint density at radius 1 is 0.955 bits per heavy atom. The Balaban J connectivity index is 2.33. The molecule has 2 aromatic rings. The summed E-state index contributed by atoms with van der Waals surface area (Å²) in [7, 11) is 4.82. The van der Waals surface area contributed by atoms with Crippen molar-refractivity contribution in [1.29, 1.82) is 0 Å². The van der Waals surface area contributed by atoms with E-state index in [1.165, 1.54) is 0 Å². The number of benzene rings is 1. The molecule has 0 saturated carbocycles. The van der Waals surface area contributed by atoms with Crippen LogP contribution < -0.4 is 19.8 Å². The molecule has 1 aromatic carbocycles. The molecule has 0 atom stereocenters. The zero-order chi connectivity index (χ0) is 15.9. The number of pyridine rings is 1. The van der Waals surface area contributed by atoms with Gasteiger partial charge in [0.15, 0.2) is 11.5 Å². The van der Waals surface area contributed by atoms with E-state index >= 15 is 0 Å². The van der Waals surface area contributed by atoms with E-state index in [2.05, 4.69) is 0 Å². The van der Waals surface area contributed by atoms with E-state index in [0.29, 0.717) is 23.8 Å². The van der Waals surface area contributed by atoms with E-state index in [1.807, 2.05) is 19.1 Å². The Hall–Kier alpha value is -2.43. The minimum Gasteiger partial charge on any atom is -0.496 e. The minimum absolute atomic E-state index is 0.0436. The summed E-state index contributed by atoms with van der Waals surface area (Å²) in [6.45, 7) is 2.62. The van der Waals surface area contributed by atoms with Crippen LogP contribution in [0, 0.1) is 6.92 Å². The summed E-state index contributed by atoms with van der Waals surface area (Å²) in [5.41, 5.74) is 3.95. The van der Waals surface area contributed by atoms with Crippen molar-refractivity contribution in [2.24, 2.45) is 0 Å². The summed E-state index contributed by atoms with van der Waals surface area (Å²) in [6, 6.07) is 5.47. The number of aryl methyl sites for hydroxylation is 1. The summed E-state index contributed by atoms with van der Waals surface area (Å²) in [5, 5.41) is 0. The third kappa shape index (κ3) is 2.04. The number of methoxy groups -OCH3 is 3. The lowest BCUT2D eigenvalue weighted by Gasteiger charge is -2.25. The largest absolute Gasteiger partial charge is 0.496 e.